The molecule has 5 fully saturated rings. The first-order chi connectivity index (χ1) is 5.66. The van der Waals surface area contributed by atoms with Gasteiger partial charge in [0.05, 0.1) is 0 Å². The molecule has 0 amide bonds. The third-order valence-electron chi connectivity index (χ3n) is 7.30. The van der Waals surface area contributed by atoms with Gasteiger partial charge >= 0.3 is 0 Å². The van der Waals surface area contributed by atoms with Crippen molar-refractivity contribution in [1.82, 2.24) is 0 Å². The Kier molecular flexibility index (Phi) is 0.477. The third kappa shape index (κ3) is 0.233. The minimum Gasteiger partial charge on any atom is -0.0588 e. The Morgan fingerprint density at radius 3 is 2.58 bits per heavy atom. The minimum atomic E-state index is 0.825. The topological polar surface area (TPSA) is 0 Å². The van der Waals surface area contributed by atoms with Crippen LogP contribution in [-0.2, 0) is 0 Å². The second-order valence-corrected chi connectivity index (χ2v) is 6.79. The lowest BCUT2D eigenvalue weighted by Gasteiger charge is -2.42. The SMILES string of the molecule is CC12CC3CC4[C@@H](C35CC51)C42C. The van der Waals surface area contributed by atoms with E-state index in [0.717, 1.165) is 16.2 Å². The predicted octanol–water partition coefficient (Wildman–Crippen LogP) is 2.69. The van der Waals surface area contributed by atoms with Gasteiger partial charge in [-0.3, -0.25) is 0 Å². The van der Waals surface area contributed by atoms with Crippen LogP contribution in [0.3, 0.4) is 0 Å². The summed E-state index contributed by atoms with van der Waals surface area (Å²) in [6, 6.07) is 0. The largest absolute Gasteiger partial charge is 0.0588 e. The van der Waals surface area contributed by atoms with Crippen molar-refractivity contribution in [3.05, 3.63) is 0 Å². The molecule has 0 N–H and O–H groups in total. The molecule has 0 aromatic heterocycles. The van der Waals surface area contributed by atoms with Crippen molar-refractivity contribution in [3.8, 4) is 0 Å². The van der Waals surface area contributed by atoms with Crippen LogP contribution in [0, 0.1) is 39.9 Å². The summed E-state index contributed by atoms with van der Waals surface area (Å²) < 4.78 is 0. The highest BCUT2D eigenvalue weighted by molar-refractivity contribution is 5.45. The van der Waals surface area contributed by atoms with Crippen LogP contribution in [0.5, 0.6) is 0 Å². The van der Waals surface area contributed by atoms with Gasteiger partial charge in [0.15, 0.2) is 0 Å². The molecule has 0 heterocycles. The molecule has 1 spiro atoms. The van der Waals surface area contributed by atoms with E-state index in [4.69, 9.17) is 0 Å². The molecule has 0 heteroatoms. The van der Waals surface area contributed by atoms with Crippen LogP contribution >= 0.6 is 0 Å². The fourth-order valence-electron chi connectivity index (χ4n) is 6.90. The lowest BCUT2D eigenvalue weighted by molar-refractivity contribution is 0.0628. The maximum absolute atomic E-state index is 2.62. The average Bonchev–Trinajstić information content (AvgIpc) is 2.73. The van der Waals surface area contributed by atoms with Gasteiger partial charge < -0.3 is 0 Å². The van der Waals surface area contributed by atoms with E-state index >= 15 is 0 Å². The molecule has 6 unspecified atom stereocenters. The van der Waals surface area contributed by atoms with Gasteiger partial charge in [0, 0.05) is 0 Å². The summed E-state index contributed by atoms with van der Waals surface area (Å²) in [5.74, 6) is 4.81. The molecule has 5 aliphatic carbocycles. The van der Waals surface area contributed by atoms with Gasteiger partial charge in [-0.2, -0.15) is 0 Å². The third-order valence-corrected chi connectivity index (χ3v) is 7.30. The molecule has 0 saturated heterocycles. The smallest absolute Gasteiger partial charge is 0.0195 e. The van der Waals surface area contributed by atoms with Gasteiger partial charge in [-0.05, 0) is 59.2 Å². The maximum atomic E-state index is 2.62. The van der Waals surface area contributed by atoms with Gasteiger partial charge in [-0.1, -0.05) is 13.8 Å². The standard InChI is InChI=1S/C12H16/c1-10-4-6-3-7-9(11(7,10)2)12(6)5-8(10)12/h6-9H,3-5H2,1-2H3/t6?,7?,8?,9-,10?,11?,12?/m1/s1. The van der Waals surface area contributed by atoms with E-state index in [2.05, 4.69) is 13.8 Å². The molecule has 5 aliphatic rings. The molecular weight excluding hydrogens is 144 g/mol. The van der Waals surface area contributed by atoms with Crippen molar-refractivity contribution in [2.45, 2.75) is 33.1 Å². The van der Waals surface area contributed by atoms with Gasteiger partial charge in [-0.15, -0.1) is 0 Å². The fourth-order valence-corrected chi connectivity index (χ4v) is 6.90. The highest BCUT2D eigenvalue weighted by atomic mass is 15.0. The Morgan fingerprint density at radius 1 is 1.17 bits per heavy atom. The number of hydrogen-bond donors (Lipinski definition) is 0. The summed E-state index contributed by atoms with van der Waals surface area (Å²) in [7, 11) is 0. The zero-order valence-electron chi connectivity index (χ0n) is 7.93. The Morgan fingerprint density at radius 2 is 2.00 bits per heavy atom. The Balaban J connectivity index is 1.93. The van der Waals surface area contributed by atoms with E-state index in [0.29, 0.717) is 0 Å². The van der Waals surface area contributed by atoms with Crippen molar-refractivity contribution in [2.24, 2.45) is 39.9 Å². The molecule has 12 heavy (non-hydrogen) atoms. The molecule has 0 nitrogen and oxygen atoms in total. The zero-order valence-corrected chi connectivity index (χ0v) is 7.93. The summed E-state index contributed by atoms with van der Waals surface area (Å²) in [4.78, 5) is 0. The summed E-state index contributed by atoms with van der Waals surface area (Å²) in [5, 5.41) is 0. The molecule has 2 bridgehead atoms. The van der Waals surface area contributed by atoms with E-state index in [-0.39, 0.29) is 0 Å². The second-order valence-electron chi connectivity index (χ2n) is 6.79. The highest BCUT2D eigenvalue weighted by Crippen LogP contribution is 3.03. The molecule has 64 valence electrons. The normalized spacial score (nSPS) is 90.5. The average molecular weight is 160 g/mol. The van der Waals surface area contributed by atoms with E-state index in [1.807, 2.05) is 0 Å². The molecule has 0 radical (unpaired) electrons. The summed E-state index contributed by atoms with van der Waals surface area (Å²) in [5.41, 5.74) is 2.64. The fraction of sp³-hybridized carbons (Fsp3) is 1.00. The lowest BCUT2D eigenvalue weighted by atomic mass is 9.62. The number of hydrogen-bond acceptors (Lipinski definition) is 0. The van der Waals surface area contributed by atoms with Crippen LogP contribution in [0.4, 0.5) is 0 Å². The van der Waals surface area contributed by atoms with E-state index < -0.39 is 0 Å². The van der Waals surface area contributed by atoms with Crippen LogP contribution in [0.25, 0.3) is 0 Å². The monoisotopic (exact) mass is 160 g/mol. The van der Waals surface area contributed by atoms with E-state index in [1.54, 1.807) is 19.3 Å². The first-order valence-electron chi connectivity index (χ1n) is 5.66. The quantitative estimate of drug-likeness (QED) is 0.511. The molecule has 5 rings (SSSR count). The molecule has 7 atom stereocenters. The molecule has 5 saturated carbocycles. The van der Waals surface area contributed by atoms with E-state index in [1.165, 1.54) is 23.7 Å². The molecule has 0 aromatic rings. The van der Waals surface area contributed by atoms with Crippen LogP contribution in [-0.4, -0.2) is 0 Å². The lowest BCUT2D eigenvalue weighted by Crippen LogP contribution is -2.35. The second kappa shape index (κ2) is 1.01. The first kappa shape index (κ1) is 5.67. The Bertz CT molecular complexity index is 331. The number of fused-ring (bicyclic) bond motifs is 2. The van der Waals surface area contributed by atoms with Crippen LogP contribution in [0.1, 0.15) is 33.1 Å². The van der Waals surface area contributed by atoms with Crippen molar-refractivity contribution in [1.29, 1.82) is 0 Å². The van der Waals surface area contributed by atoms with E-state index in [9.17, 15) is 0 Å². The summed E-state index contributed by atoms with van der Waals surface area (Å²) in [6.07, 6.45) is 4.89. The highest BCUT2D eigenvalue weighted by Gasteiger charge is 2.98. The van der Waals surface area contributed by atoms with Gasteiger partial charge in [-0.25, -0.2) is 0 Å². The van der Waals surface area contributed by atoms with Crippen molar-refractivity contribution in [2.75, 3.05) is 0 Å². The zero-order chi connectivity index (χ0) is 7.93. The Labute approximate surface area is 73.7 Å². The Hall–Kier alpha value is 0. The molecular formula is C12H16. The van der Waals surface area contributed by atoms with Gasteiger partial charge in [0.2, 0.25) is 0 Å². The van der Waals surface area contributed by atoms with Crippen molar-refractivity contribution >= 4 is 0 Å². The van der Waals surface area contributed by atoms with Crippen LogP contribution in [0.15, 0.2) is 0 Å². The van der Waals surface area contributed by atoms with Gasteiger partial charge in [0.1, 0.15) is 0 Å². The van der Waals surface area contributed by atoms with Crippen molar-refractivity contribution < 1.29 is 0 Å². The number of rotatable bonds is 0. The summed E-state index contributed by atoms with van der Waals surface area (Å²) in [6.45, 7) is 5.24. The minimum absolute atomic E-state index is 0.825. The van der Waals surface area contributed by atoms with Crippen LogP contribution in [0.2, 0.25) is 0 Å². The summed E-state index contributed by atoms with van der Waals surface area (Å²) >= 11 is 0. The maximum Gasteiger partial charge on any atom is -0.0195 e. The van der Waals surface area contributed by atoms with Crippen molar-refractivity contribution in [3.63, 3.8) is 0 Å². The molecule has 0 aromatic carbocycles. The predicted molar refractivity (Wildman–Crippen MR) is 46.5 cm³/mol. The first-order valence-corrected chi connectivity index (χ1v) is 5.66. The van der Waals surface area contributed by atoms with Gasteiger partial charge in [0.25, 0.3) is 0 Å². The van der Waals surface area contributed by atoms with Crippen LogP contribution < -0.4 is 0 Å². The molecule has 0 aliphatic heterocycles.